The van der Waals surface area contributed by atoms with Gasteiger partial charge in [0.2, 0.25) is 0 Å². The molecule has 2 saturated heterocycles. The molecule has 1 unspecified atom stereocenters. The number of nitrogens with one attached hydrogen (secondary N) is 1. The minimum atomic E-state index is 0.0387. The predicted molar refractivity (Wildman–Crippen MR) is 66.9 cm³/mol. The maximum Gasteiger partial charge on any atom is 0.274 e. The highest BCUT2D eigenvalue weighted by atomic mass is 35.5. The molecule has 1 N–H and O–H groups in total. The van der Waals surface area contributed by atoms with E-state index < -0.39 is 0 Å². The van der Waals surface area contributed by atoms with Crippen LogP contribution in [0.25, 0.3) is 0 Å². The molecule has 1 spiro atoms. The third kappa shape index (κ3) is 2.57. The van der Waals surface area contributed by atoms with Crippen molar-refractivity contribution in [2.24, 2.45) is 0 Å². The van der Waals surface area contributed by atoms with Gasteiger partial charge in [-0.15, -0.1) is 0 Å². The lowest BCUT2D eigenvalue weighted by atomic mass is 9.89. The van der Waals surface area contributed by atoms with Crippen LogP contribution in [0.5, 0.6) is 5.19 Å². The van der Waals surface area contributed by atoms with E-state index in [4.69, 9.17) is 21.1 Å². The quantitative estimate of drug-likeness (QED) is 0.897. The van der Waals surface area contributed by atoms with Gasteiger partial charge < -0.3 is 14.8 Å². The molecule has 1 atom stereocenters. The van der Waals surface area contributed by atoms with E-state index in [1.165, 1.54) is 11.3 Å². The molecule has 0 bridgehead atoms. The molecular formula is C11H15ClN2O2S. The molecule has 0 aromatic carbocycles. The molecule has 0 radical (unpaired) electrons. The standard InChI is InChI=1S/C11H15ClN2O2S/c12-9-7-17-10(14-9)16-8-5-11(15-6-8)1-3-13-4-2-11/h7-8,13H,1-6H2. The van der Waals surface area contributed by atoms with Crippen LogP contribution in [0.4, 0.5) is 0 Å². The molecule has 2 aliphatic rings. The smallest absolute Gasteiger partial charge is 0.274 e. The van der Waals surface area contributed by atoms with Crippen LogP contribution in [0.2, 0.25) is 5.15 Å². The molecule has 0 saturated carbocycles. The zero-order chi connectivity index (χ0) is 11.7. The first-order valence-electron chi connectivity index (χ1n) is 5.88. The van der Waals surface area contributed by atoms with Crippen LogP contribution in [0.3, 0.4) is 0 Å². The van der Waals surface area contributed by atoms with E-state index in [0.717, 1.165) is 32.4 Å². The van der Waals surface area contributed by atoms with Crippen molar-refractivity contribution in [1.29, 1.82) is 0 Å². The van der Waals surface area contributed by atoms with Crippen molar-refractivity contribution in [3.05, 3.63) is 10.5 Å². The summed E-state index contributed by atoms with van der Waals surface area (Å²) in [5.41, 5.74) is 0.0387. The van der Waals surface area contributed by atoms with Crippen LogP contribution in [0, 0.1) is 0 Å². The Morgan fingerprint density at radius 2 is 2.35 bits per heavy atom. The zero-order valence-corrected chi connectivity index (χ0v) is 11.0. The number of aromatic nitrogens is 1. The van der Waals surface area contributed by atoms with Gasteiger partial charge in [0.1, 0.15) is 11.3 Å². The van der Waals surface area contributed by atoms with Gasteiger partial charge in [0.05, 0.1) is 12.2 Å². The van der Waals surface area contributed by atoms with Crippen molar-refractivity contribution in [3.63, 3.8) is 0 Å². The Morgan fingerprint density at radius 3 is 3.06 bits per heavy atom. The second-order valence-electron chi connectivity index (χ2n) is 4.62. The summed E-state index contributed by atoms with van der Waals surface area (Å²) in [4.78, 5) is 4.10. The molecule has 1 aromatic heterocycles. The van der Waals surface area contributed by atoms with E-state index >= 15 is 0 Å². The second-order valence-corrected chi connectivity index (χ2v) is 5.83. The summed E-state index contributed by atoms with van der Waals surface area (Å²) in [6, 6.07) is 0. The number of hydrogen-bond donors (Lipinski definition) is 1. The second kappa shape index (κ2) is 4.72. The largest absolute Gasteiger partial charge is 0.464 e. The summed E-state index contributed by atoms with van der Waals surface area (Å²) >= 11 is 7.21. The van der Waals surface area contributed by atoms with Gasteiger partial charge in [-0.3, -0.25) is 0 Å². The highest BCUT2D eigenvalue weighted by molar-refractivity contribution is 7.11. The van der Waals surface area contributed by atoms with Crippen LogP contribution >= 0.6 is 22.9 Å². The van der Waals surface area contributed by atoms with Gasteiger partial charge >= 0.3 is 0 Å². The number of thiazole rings is 1. The topological polar surface area (TPSA) is 43.4 Å². The first-order chi connectivity index (χ1) is 8.26. The van der Waals surface area contributed by atoms with E-state index in [-0.39, 0.29) is 11.7 Å². The average Bonchev–Trinajstić information content (AvgIpc) is 2.89. The first-order valence-corrected chi connectivity index (χ1v) is 7.14. The lowest BCUT2D eigenvalue weighted by molar-refractivity contribution is -0.0205. The van der Waals surface area contributed by atoms with Crippen molar-refractivity contribution in [2.45, 2.75) is 31.0 Å². The fraction of sp³-hybridized carbons (Fsp3) is 0.727. The van der Waals surface area contributed by atoms with Crippen LogP contribution in [0.15, 0.2) is 5.38 Å². The van der Waals surface area contributed by atoms with Gasteiger partial charge in [0, 0.05) is 11.8 Å². The van der Waals surface area contributed by atoms with Crippen molar-refractivity contribution >= 4 is 22.9 Å². The van der Waals surface area contributed by atoms with E-state index in [2.05, 4.69) is 10.3 Å². The Morgan fingerprint density at radius 1 is 1.53 bits per heavy atom. The van der Waals surface area contributed by atoms with E-state index in [1.54, 1.807) is 5.38 Å². The maximum absolute atomic E-state index is 5.95. The molecule has 0 amide bonds. The van der Waals surface area contributed by atoms with E-state index in [9.17, 15) is 0 Å². The van der Waals surface area contributed by atoms with Gasteiger partial charge in [0.25, 0.3) is 5.19 Å². The molecule has 1 aromatic rings. The van der Waals surface area contributed by atoms with Crippen molar-refractivity contribution in [1.82, 2.24) is 10.3 Å². The molecule has 3 rings (SSSR count). The van der Waals surface area contributed by atoms with Crippen molar-refractivity contribution in [3.8, 4) is 5.19 Å². The Labute approximate surface area is 109 Å². The molecule has 6 heteroatoms. The lowest BCUT2D eigenvalue weighted by Gasteiger charge is -2.32. The third-order valence-electron chi connectivity index (χ3n) is 3.41. The van der Waals surface area contributed by atoms with E-state index in [0.29, 0.717) is 17.0 Å². The Kier molecular flexibility index (Phi) is 3.25. The van der Waals surface area contributed by atoms with Gasteiger partial charge in [-0.05, 0) is 25.9 Å². The monoisotopic (exact) mass is 274 g/mol. The summed E-state index contributed by atoms with van der Waals surface area (Å²) < 4.78 is 11.8. The number of nitrogens with zero attached hydrogens (tertiary/aromatic N) is 1. The van der Waals surface area contributed by atoms with Gasteiger partial charge in [-0.2, -0.15) is 4.98 Å². The summed E-state index contributed by atoms with van der Waals surface area (Å²) in [7, 11) is 0. The molecule has 4 nitrogen and oxygen atoms in total. The molecule has 94 valence electrons. The number of rotatable bonds is 2. The number of ether oxygens (including phenoxy) is 2. The average molecular weight is 275 g/mol. The van der Waals surface area contributed by atoms with Gasteiger partial charge in [-0.25, -0.2) is 0 Å². The fourth-order valence-electron chi connectivity index (χ4n) is 2.54. The summed E-state index contributed by atoms with van der Waals surface area (Å²) in [6.45, 7) is 2.74. The lowest BCUT2D eigenvalue weighted by Crippen LogP contribution is -2.41. The van der Waals surface area contributed by atoms with Crippen molar-refractivity contribution in [2.75, 3.05) is 19.7 Å². The van der Waals surface area contributed by atoms with Crippen LogP contribution in [-0.4, -0.2) is 36.4 Å². The number of piperidine rings is 1. The minimum absolute atomic E-state index is 0.0387. The highest BCUT2D eigenvalue weighted by Crippen LogP contribution is 2.36. The van der Waals surface area contributed by atoms with Crippen LogP contribution in [0.1, 0.15) is 19.3 Å². The normalized spacial score (nSPS) is 27.5. The van der Waals surface area contributed by atoms with Crippen molar-refractivity contribution < 1.29 is 9.47 Å². The Balaban J connectivity index is 1.60. The summed E-state index contributed by atoms with van der Waals surface area (Å²) in [5.74, 6) is 0. The van der Waals surface area contributed by atoms with E-state index in [1.807, 2.05) is 0 Å². The minimum Gasteiger partial charge on any atom is -0.464 e. The number of hydrogen-bond acceptors (Lipinski definition) is 5. The molecule has 2 aliphatic heterocycles. The van der Waals surface area contributed by atoms with Crippen LogP contribution in [-0.2, 0) is 4.74 Å². The number of halogens is 1. The zero-order valence-electron chi connectivity index (χ0n) is 9.45. The summed E-state index contributed by atoms with van der Waals surface area (Å²) in [5, 5.41) is 6.29. The fourth-order valence-corrected chi connectivity index (χ4v) is 3.40. The van der Waals surface area contributed by atoms with Crippen LogP contribution < -0.4 is 10.1 Å². The Hall–Kier alpha value is -0.360. The maximum atomic E-state index is 5.95. The SMILES string of the molecule is Clc1csc(OC2COC3(CCNCC3)C2)n1. The molecule has 0 aliphatic carbocycles. The molecule has 17 heavy (non-hydrogen) atoms. The third-order valence-corrected chi connectivity index (χ3v) is 4.47. The summed E-state index contributed by atoms with van der Waals surface area (Å²) in [6.07, 6.45) is 3.23. The van der Waals surface area contributed by atoms with Gasteiger partial charge in [-0.1, -0.05) is 22.9 Å². The predicted octanol–water partition coefficient (Wildman–Crippen LogP) is 2.09. The molecule has 2 fully saturated rings. The first kappa shape index (κ1) is 11.7. The molecule has 3 heterocycles. The molecular weight excluding hydrogens is 260 g/mol. The van der Waals surface area contributed by atoms with Gasteiger partial charge in [0.15, 0.2) is 0 Å². The highest BCUT2D eigenvalue weighted by Gasteiger charge is 2.42. The Bertz CT molecular complexity index is 393.